The van der Waals surface area contributed by atoms with Crippen LogP contribution in [-0.2, 0) is 9.59 Å². The Kier molecular flexibility index (Phi) is 6.70. The van der Waals surface area contributed by atoms with Crippen LogP contribution in [0.25, 0.3) is 0 Å². The Balaban J connectivity index is 4.69. The maximum Gasteiger partial charge on any atom is 0.237 e. The minimum Gasteiger partial charge on any atom is -0.345 e. The molecule has 1 amide bonds. The van der Waals surface area contributed by atoms with Crippen molar-refractivity contribution in [1.82, 2.24) is 10.6 Å². The third-order valence-corrected chi connectivity index (χ3v) is 2.95. The van der Waals surface area contributed by atoms with E-state index in [4.69, 9.17) is 0 Å². The highest BCUT2D eigenvalue weighted by atomic mass is 16.2. The average molecular weight is 270 g/mol. The molecule has 0 aliphatic carbocycles. The van der Waals surface area contributed by atoms with Crippen molar-refractivity contribution in [3.05, 3.63) is 0 Å². The lowest BCUT2D eigenvalue weighted by molar-refractivity contribution is -0.133. The first-order chi connectivity index (χ1) is 8.46. The van der Waals surface area contributed by atoms with Gasteiger partial charge in [0.2, 0.25) is 5.91 Å². The van der Waals surface area contributed by atoms with E-state index in [-0.39, 0.29) is 29.7 Å². The first kappa shape index (κ1) is 18.1. The van der Waals surface area contributed by atoms with E-state index < -0.39 is 11.5 Å². The second-order valence-electron chi connectivity index (χ2n) is 6.89. The molecule has 4 heteroatoms. The molecule has 112 valence electrons. The number of carbonyl (C=O) groups excluding carboxylic acids is 2. The molecule has 0 rings (SSSR count). The van der Waals surface area contributed by atoms with Crippen molar-refractivity contribution in [3.63, 3.8) is 0 Å². The van der Waals surface area contributed by atoms with Crippen LogP contribution >= 0.6 is 0 Å². The van der Waals surface area contributed by atoms with Crippen molar-refractivity contribution in [3.8, 4) is 0 Å². The van der Waals surface area contributed by atoms with Gasteiger partial charge >= 0.3 is 0 Å². The Bertz CT molecular complexity index is 317. The summed E-state index contributed by atoms with van der Waals surface area (Å²) in [5, 5.41) is 6.06. The number of Topliss-reactive ketones (excluding diaryl/α,β-unsaturated/α-hetero) is 1. The minimum atomic E-state index is -0.456. The first-order valence-corrected chi connectivity index (χ1v) is 7.07. The molecule has 0 fully saturated rings. The second-order valence-corrected chi connectivity index (χ2v) is 6.89. The molecule has 0 bridgehead atoms. The second kappa shape index (κ2) is 7.04. The first-order valence-electron chi connectivity index (χ1n) is 7.07. The summed E-state index contributed by atoms with van der Waals surface area (Å²) in [5.74, 6) is 0.126. The standard InChI is InChI=1S/C15H30N2O2/c1-9(2)12(16-10(3)4)14(19)17-11(5)13(18)15(6,7)8/h9-12,16H,1-8H3,(H,17,19). The van der Waals surface area contributed by atoms with Crippen LogP contribution in [0.1, 0.15) is 55.4 Å². The van der Waals surface area contributed by atoms with E-state index >= 15 is 0 Å². The van der Waals surface area contributed by atoms with Crippen molar-refractivity contribution in [2.75, 3.05) is 0 Å². The fraction of sp³-hybridized carbons (Fsp3) is 0.867. The van der Waals surface area contributed by atoms with Gasteiger partial charge in [-0.25, -0.2) is 0 Å². The number of amides is 1. The molecule has 19 heavy (non-hydrogen) atoms. The van der Waals surface area contributed by atoms with Gasteiger partial charge in [0.15, 0.2) is 5.78 Å². The summed E-state index contributed by atoms with van der Waals surface area (Å²) in [6.45, 7) is 15.3. The maximum absolute atomic E-state index is 12.2. The van der Waals surface area contributed by atoms with Gasteiger partial charge in [0, 0.05) is 11.5 Å². The van der Waals surface area contributed by atoms with Crippen LogP contribution in [-0.4, -0.2) is 29.8 Å². The van der Waals surface area contributed by atoms with Crippen LogP contribution in [0.4, 0.5) is 0 Å². The highest BCUT2D eigenvalue weighted by Gasteiger charge is 2.30. The summed E-state index contributed by atoms with van der Waals surface area (Å²) in [7, 11) is 0. The third-order valence-electron chi connectivity index (χ3n) is 2.95. The number of carbonyl (C=O) groups is 2. The van der Waals surface area contributed by atoms with Gasteiger partial charge in [-0.05, 0) is 12.8 Å². The van der Waals surface area contributed by atoms with E-state index in [1.54, 1.807) is 6.92 Å². The summed E-state index contributed by atoms with van der Waals surface area (Å²) in [5.41, 5.74) is -0.439. The summed E-state index contributed by atoms with van der Waals surface area (Å²) < 4.78 is 0. The molecule has 0 aromatic carbocycles. The number of ketones is 1. The Morgan fingerprint density at radius 2 is 1.42 bits per heavy atom. The van der Waals surface area contributed by atoms with Crippen molar-refractivity contribution in [2.45, 2.75) is 73.5 Å². The van der Waals surface area contributed by atoms with Gasteiger partial charge in [-0.2, -0.15) is 0 Å². The van der Waals surface area contributed by atoms with Gasteiger partial charge in [0.05, 0.1) is 12.1 Å². The molecule has 4 nitrogen and oxygen atoms in total. The molecule has 2 atom stereocenters. The normalized spacial score (nSPS) is 15.5. The highest BCUT2D eigenvalue weighted by Crippen LogP contribution is 2.17. The molecule has 0 radical (unpaired) electrons. The Morgan fingerprint density at radius 1 is 0.947 bits per heavy atom. The van der Waals surface area contributed by atoms with E-state index in [1.165, 1.54) is 0 Å². The zero-order valence-electron chi connectivity index (χ0n) is 13.6. The number of hydrogen-bond donors (Lipinski definition) is 2. The average Bonchev–Trinajstić information content (AvgIpc) is 2.22. The van der Waals surface area contributed by atoms with E-state index in [9.17, 15) is 9.59 Å². The van der Waals surface area contributed by atoms with Crippen LogP contribution < -0.4 is 10.6 Å². The lowest BCUT2D eigenvalue weighted by Crippen LogP contribution is -2.54. The molecule has 0 saturated heterocycles. The molecule has 0 aliphatic rings. The zero-order valence-corrected chi connectivity index (χ0v) is 13.6. The Hall–Kier alpha value is -0.900. The molecule has 0 aliphatic heterocycles. The Labute approximate surface area is 117 Å². The van der Waals surface area contributed by atoms with Crippen LogP contribution in [0, 0.1) is 11.3 Å². The van der Waals surface area contributed by atoms with Crippen LogP contribution in [0.5, 0.6) is 0 Å². The third kappa shape index (κ3) is 6.19. The molecule has 2 N–H and O–H groups in total. The Morgan fingerprint density at radius 3 is 1.74 bits per heavy atom. The summed E-state index contributed by atoms with van der Waals surface area (Å²) in [4.78, 5) is 24.3. The highest BCUT2D eigenvalue weighted by molar-refractivity contribution is 5.93. The van der Waals surface area contributed by atoms with Gasteiger partial charge in [0.25, 0.3) is 0 Å². The maximum atomic E-state index is 12.2. The van der Waals surface area contributed by atoms with Crippen molar-refractivity contribution < 1.29 is 9.59 Å². The predicted octanol–water partition coefficient (Wildman–Crippen LogP) is 2.13. The molecular formula is C15H30N2O2. The fourth-order valence-electron chi connectivity index (χ4n) is 1.95. The van der Waals surface area contributed by atoms with Gasteiger partial charge in [-0.3, -0.25) is 9.59 Å². The van der Waals surface area contributed by atoms with Gasteiger partial charge in [-0.15, -0.1) is 0 Å². The molecule has 2 unspecified atom stereocenters. The number of hydrogen-bond acceptors (Lipinski definition) is 3. The van der Waals surface area contributed by atoms with Crippen LogP contribution in [0.3, 0.4) is 0 Å². The van der Waals surface area contributed by atoms with Crippen molar-refractivity contribution in [1.29, 1.82) is 0 Å². The lowest BCUT2D eigenvalue weighted by atomic mass is 9.87. The van der Waals surface area contributed by atoms with Crippen LogP contribution in [0.15, 0.2) is 0 Å². The van der Waals surface area contributed by atoms with Crippen molar-refractivity contribution in [2.24, 2.45) is 11.3 Å². The minimum absolute atomic E-state index is 0.0490. The summed E-state index contributed by atoms with van der Waals surface area (Å²) >= 11 is 0. The van der Waals surface area contributed by atoms with Gasteiger partial charge in [0.1, 0.15) is 0 Å². The quantitative estimate of drug-likeness (QED) is 0.777. The van der Waals surface area contributed by atoms with Gasteiger partial charge < -0.3 is 10.6 Å². The van der Waals surface area contributed by atoms with Crippen LogP contribution in [0.2, 0.25) is 0 Å². The predicted molar refractivity (Wildman–Crippen MR) is 79.0 cm³/mol. The molecular weight excluding hydrogens is 240 g/mol. The monoisotopic (exact) mass is 270 g/mol. The molecule has 0 aromatic rings. The molecule has 0 heterocycles. The lowest BCUT2D eigenvalue weighted by Gasteiger charge is -2.27. The van der Waals surface area contributed by atoms with E-state index in [0.29, 0.717) is 0 Å². The van der Waals surface area contributed by atoms with Gasteiger partial charge in [-0.1, -0.05) is 48.5 Å². The van der Waals surface area contributed by atoms with Crippen molar-refractivity contribution >= 4 is 11.7 Å². The largest absolute Gasteiger partial charge is 0.345 e. The summed E-state index contributed by atoms with van der Waals surface area (Å²) in [6, 6.07) is -0.496. The topological polar surface area (TPSA) is 58.2 Å². The van der Waals surface area contributed by atoms with E-state index in [0.717, 1.165) is 0 Å². The fourth-order valence-corrected chi connectivity index (χ4v) is 1.95. The SMILES string of the molecule is CC(C)NC(C(=O)NC(C)C(=O)C(C)(C)C)C(C)C. The number of nitrogens with one attached hydrogen (secondary N) is 2. The molecule has 0 spiro atoms. The number of rotatable bonds is 6. The summed E-state index contributed by atoms with van der Waals surface area (Å²) in [6.07, 6.45) is 0. The molecule has 0 saturated carbocycles. The molecule has 0 aromatic heterocycles. The van der Waals surface area contributed by atoms with E-state index in [1.807, 2.05) is 48.5 Å². The smallest absolute Gasteiger partial charge is 0.237 e. The van der Waals surface area contributed by atoms with E-state index in [2.05, 4.69) is 10.6 Å². The zero-order chi connectivity index (χ0) is 15.4.